The first-order valence-corrected chi connectivity index (χ1v) is 8.79. The zero-order chi connectivity index (χ0) is 17.2. The van der Waals surface area contributed by atoms with E-state index in [1.54, 1.807) is 6.92 Å². The second-order valence-electron chi connectivity index (χ2n) is 6.65. The quantitative estimate of drug-likeness (QED) is 0.366. The lowest BCUT2D eigenvalue weighted by Gasteiger charge is -2.42. The highest BCUT2D eigenvalue weighted by molar-refractivity contribution is 5.99. The van der Waals surface area contributed by atoms with Crippen LogP contribution in [-0.4, -0.2) is 22.2 Å². The van der Waals surface area contributed by atoms with Crippen LogP contribution in [0, 0.1) is 10.8 Å². The Balaban J connectivity index is 4.73. The molecule has 0 aromatic carbocycles. The predicted octanol–water partition coefficient (Wildman–Crippen LogP) is 5.11. The van der Waals surface area contributed by atoms with E-state index < -0.39 is 22.8 Å². The topological polar surface area (TPSA) is 74.6 Å². The van der Waals surface area contributed by atoms with Gasteiger partial charge in [-0.1, -0.05) is 72.6 Å². The van der Waals surface area contributed by atoms with Crippen molar-refractivity contribution in [3.63, 3.8) is 0 Å². The molecule has 0 rings (SSSR count). The third kappa shape index (κ3) is 4.72. The smallest absolute Gasteiger partial charge is 0.321 e. The molecule has 0 saturated carbocycles. The van der Waals surface area contributed by atoms with Crippen LogP contribution in [0.1, 0.15) is 91.9 Å². The van der Waals surface area contributed by atoms with Gasteiger partial charge in [0.1, 0.15) is 0 Å². The van der Waals surface area contributed by atoms with Gasteiger partial charge in [0.2, 0.25) is 0 Å². The first kappa shape index (κ1) is 20.9. The summed E-state index contributed by atoms with van der Waals surface area (Å²) in [4.78, 5) is 23.5. The number of rotatable bonds is 13. The first-order chi connectivity index (χ1) is 10.3. The molecule has 0 amide bonds. The molecule has 1 atom stereocenters. The molecular formula is C18H34O4. The number of carboxylic acids is 2. The van der Waals surface area contributed by atoms with Crippen LogP contribution in [0.5, 0.6) is 0 Å². The molecule has 0 aromatic heterocycles. The summed E-state index contributed by atoms with van der Waals surface area (Å²) in [6.45, 7) is 7.59. The normalized spacial score (nSPS) is 14.5. The van der Waals surface area contributed by atoms with Crippen LogP contribution in [-0.2, 0) is 9.59 Å². The molecule has 0 aliphatic carbocycles. The lowest BCUT2D eigenvalue weighted by atomic mass is 9.59. The molecule has 1 unspecified atom stereocenters. The largest absolute Gasteiger partial charge is 0.480 e. The lowest BCUT2D eigenvalue weighted by molar-refractivity contribution is -0.177. The molecular weight excluding hydrogens is 280 g/mol. The van der Waals surface area contributed by atoms with E-state index in [1.165, 1.54) is 25.7 Å². The molecule has 0 heterocycles. The van der Waals surface area contributed by atoms with Gasteiger partial charge in [-0.3, -0.25) is 9.59 Å². The molecule has 0 fully saturated rings. The highest BCUT2D eigenvalue weighted by atomic mass is 16.4. The molecule has 130 valence electrons. The lowest BCUT2D eigenvalue weighted by Crippen LogP contribution is -2.51. The fourth-order valence-corrected chi connectivity index (χ4v) is 3.50. The standard InChI is InChI=1S/C18H34O4/c1-5-8-9-10-11-12-13-14-17(4,6-2)18(7-3,15(19)20)16(21)22/h5-14H2,1-4H3,(H,19,20)(H,21,22). The summed E-state index contributed by atoms with van der Waals surface area (Å²) in [5, 5.41) is 19.2. The first-order valence-electron chi connectivity index (χ1n) is 8.79. The zero-order valence-electron chi connectivity index (χ0n) is 14.8. The summed E-state index contributed by atoms with van der Waals surface area (Å²) in [7, 11) is 0. The maximum absolute atomic E-state index is 11.7. The van der Waals surface area contributed by atoms with E-state index in [-0.39, 0.29) is 6.42 Å². The number of carboxylic acid groups (broad SMARTS) is 2. The average Bonchev–Trinajstić information content (AvgIpc) is 2.46. The third-order valence-electron chi connectivity index (χ3n) is 5.40. The molecule has 0 spiro atoms. The van der Waals surface area contributed by atoms with Crippen molar-refractivity contribution in [3.8, 4) is 0 Å². The average molecular weight is 314 g/mol. The highest BCUT2D eigenvalue weighted by Crippen LogP contribution is 2.49. The molecule has 0 aliphatic rings. The molecule has 0 radical (unpaired) electrons. The predicted molar refractivity (Wildman–Crippen MR) is 89.0 cm³/mol. The highest BCUT2D eigenvalue weighted by Gasteiger charge is 2.57. The summed E-state index contributed by atoms with van der Waals surface area (Å²) in [5.41, 5.74) is -2.38. The van der Waals surface area contributed by atoms with Gasteiger partial charge in [-0.15, -0.1) is 0 Å². The Labute approximate surface area is 135 Å². The molecule has 0 aliphatic heterocycles. The molecule has 2 N–H and O–H groups in total. The van der Waals surface area contributed by atoms with Gasteiger partial charge in [0.05, 0.1) is 0 Å². The van der Waals surface area contributed by atoms with Crippen molar-refractivity contribution in [2.24, 2.45) is 10.8 Å². The Kier molecular flexibility index (Phi) is 9.38. The summed E-state index contributed by atoms with van der Waals surface area (Å²) >= 11 is 0. The zero-order valence-corrected chi connectivity index (χ0v) is 14.8. The minimum Gasteiger partial charge on any atom is -0.480 e. The SMILES string of the molecule is CCCCCCCCCC(C)(CC)C(CC)(C(=O)O)C(=O)O. The number of unbranched alkanes of at least 4 members (excludes halogenated alkanes) is 6. The summed E-state index contributed by atoms with van der Waals surface area (Å²) in [5.74, 6) is -2.40. The van der Waals surface area contributed by atoms with Crippen LogP contribution >= 0.6 is 0 Å². The fourth-order valence-electron chi connectivity index (χ4n) is 3.50. The molecule has 0 bridgehead atoms. The van der Waals surface area contributed by atoms with Crippen molar-refractivity contribution in [1.29, 1.82) is 0 Å². The van der Waals surface area contributed by atoms with E-state index in [9.17, 15) is 19.8 Å². The minimum atomic E-state index is -1.68. The number of hydrogen-bond donors (Lipinski definition) is 2. The van der Waals surface area contributed by atoms with Crippen LogP contribution in [0.3, 0.4) is 0 Å². The maximum Gasteiger partial charge on any atom is 0.321 e. The Bertz CT molecular complexity index is 337. The van der Waals surface area contributed by atoms with Crippen molar-refractivity contribution in [2.45, 2.75) is 91.9 Å². The van der Waals surface area contributed by atoms with Crippen LogP contribution in [0.4, 0.5) is 0 Å². The Morgan fingerprint density at radius 3 is 1.59 bits per heavy atom. The van der Waals surface area contributed by atoms with Crippen LogP contribution in [0.2, 0.25) is 0 Å². The van der Waals surface area contributed by atoms with Crippen LogP contribution in [0.25, 0.3) is 0 Å². The van der Waals surface area contributed by atoms with Crippen LogP contribution < -0.4 is 0 Å². The van der Waals surface area contributed by atoms with Gasteiger partial charge in [0.25, 0.3) is 0 Å². The summed E-state index contributed by atoms with van der Waals surface area (Å²) in [6, 6.07) is 0. The van der Waals surface area contributed by atoms with Crippen molar-refractivity contribution in [3.05, 3.63) is 0 Å². The van der Waals surface area contributed by atoms with Gasteiger partial charge in [-0.2, -0.15) is 0 Å². The van der Waals surface area contributed by atoms with Crippen molar-refractivity contribution >= 4 is 11.9 Å². The van der Waals surface area contributed by atoms with E-state index in [0.717, 1.165) is 19.3 Å². The summed E-state index contributed by atoms with van der Waals surface area (Å²) < 4.78 is 0. The van der Waals surface area contributed by atoms with Gasteiger partial charge < -0.3 is 10.2 Å². The second-order valence-corrected chi connectivity index (χ2v) is 6.65. The van der Waals surface area contributed by atoms with Gasteiger partial charge >= 0.3 is 11.9 Å². The second kappa shape index (κ2) is 9.86. The van der Waals surface area contributed by atoms with E-state index in [1.807, 2.05) is 13.8 Å². The van der Waals surface area contributed by atoms with E-state index in [2.05, 4.69) is 6.92 Å². The van der Waals surface area contributed by atoms with Crippen molar-refractivity contribution in [1.82, 2.24) is 0 Å². The Morgan fingerprint density at radius 2 is 1.23 bits per heavy atom. The Hall–Kier alpha value is -1.06. The minimum absolute atomic E-state index is 0.124. The monoisotopic (exact) mass is 314 g/mol. The van der Waals surface area contributed by atoms with Crippen LogP contribution in [0.15, 0.2) is 0 Å². The third-order valence-corrected chi connectivity index (χ3v) is 5.40. The summed E-state index contributed by atoms with van der Waals surface area (Å²) in [6.07, 6.45) is 9.42. The number of carbonyl (C=O) groups is 2. The molecule has 0 saturated heterocycles. The van der Waals surface area contributed by atoms with E-state index >= 15 is 0 Å². The van der Waals surface area contributed by atoms with Crippen molar-refractivity contribution in [2.75, 3.05) is 0 Å². The van der Waals surface area contributed by atoms with Gasteiger partial charge in [-0.05, 0) is 24.7 Å². The molecule has 22 heavy (non-hydrogen) atoms. The number of aliphatic carboxylic acids is 2. The van der Waals surface area contributed by atoms with Gasteiger partial charge in [0, 0.05) is 0 Å². The number of hydrogen-bond acceptors (Lipinski definition) is 2. The van der Waals surface area contributed by atoms with E-state index in [4.69, 9.17) is 0 Å². The molecule has 4 nitrogen and oxygen atoms in total. The maximum atomic E-state index is 11.7. The van der Waals surface area contributed by atoms with Gasteiger partial charge in [-0.25, -0.2) is 0 Å². The fraction of sp³-hybridized carbons (Fsp3) is 0.889. The van der Waals surface area contributed by atoms with E-state index in [0.29, 0.717) is 12.8 Å². The molecule has 0 aromatic rings. The van der Waals surface area contributed by atoms with Crippen molar-refractivity contribution < 1.29 is 19.8 Å². The Morgan fingerprint density at radius 1 is 0.773 bits per heavy atom. The van der Waals surface area contributed by atoms with Gasteiger partial charge in [0.15, 0.2) is 5.41 Å². The molecule has 4 heteroatoms.